The number of halogens is 2. The van der Waals surface area contributed by atoms with Crippen LogP contribution in [0.5, 0.6) is 5.75 Å². The molecule has 3 rings (SSSR count). The SMILES string of the molecule is NC(=O)C1(C(=O)N(c2ccc(Cl)cc2)c2ccc(O)c(F)c2)CC1. The Kier molecular flexibility index (Phi) is 3.93. The smallest absolute Gasteiger partial charge is 0.247 e. The number of rotatable bonds is 4. The Morgan fingerprint density at radius 2 is 1.71 bits per heavy atom. The summed E-state index contributed by atoms with van der Waals surface area (Å²) in [6, 6.07) is 9.89. The Balaban J connectivity index is 2.10. The predicted molar refractivity (Wildman–Crippen MR) is 87.5 cm³/mol. The molecule has 1 aliphatic carbocycles. The van der Waals surface area contributed by atoms with E-state index in [1.165, 1.54) is 11.0 Å². The minimum Gasteiger partial charge on any atom is -0.505 e. The van der Waals surface area contributed by atoms with Gasteiger partial charge in [-0.05, 0) is 49.2 Å². The van der Waals surface area contributed by atoms with Gasteiger partial charge in [-0.1, -0.05) is 11.6 Å². The van der Waals surface area contributed by atoms with Crippen LogP contribution in [0.25, 0.3) is 0 Å². The van der Waals surface area contributed by atoms with Gasteiger partial charge in [0.25, 0.3) is 0 Å². The maximum absolute atomic E-state index is 13.8. The van der Waals surface area contributed by atoms with E-state index in [9.17, 15) is 19.1 Å². The van der Waals surface area contributed by atoms with E-state index in [0.29, 0.717) is 23.6 Å². The van der Waals surface area contributed by atoms with Crippen LogP contribution in [0.3, 0.4) is 0 Å². The third-order valence-corrected chi connectivity index (χ3v) is 4.36. The second-order valence-electron chi connectivity index (χ2n) is 5.70. The van der Waals surface area contributed by atoms with Crippen LogP contribution in [0, 0.1) is 11.2 Å². The molecule has 5 nitrogen and oxygen atoms in total. The van der Waals surface area contributed by atoms with Gasteiger partial charge in [0, 0.05) is 16.8 Å². The highest BCUT2D eigenvalue weighted by molar-refractivity contribution is 6.30. The van der Waals surface area contributed by atoms with Gasteiger partial charge >= 0.3 is 0 Å². The number of carbonyl (C=O) groups is 2. The van der Waals surface area contributed by atoms with E-state index in [0.717, 1.165) is 12.1 Å². The first-order valence-electron chi connectivity index (χ1n) is 7.24. The normalized spacial score (nSPS) is 14.9. The second-order valence-corrected chi connectivity index (χ2v) is 6.14. The summed E-state index contributed by atoms with van der Waals surface area (Å²) in [7, 11) is 0. The van der Waals surface area contributed by atoms with E-state index in [4.69, 9.17) is 17.3 Å². The minimum atomic E-state index is -1.27. The van der Waals surface area contributed by atoms with Gasteiger partial charge in [0.15, 0.2) is 11.6 Å². The Hall–Kier alpha value is -2.60. The van der Waals surface area contributed by atoms with Crippen molar-refractivity contribution in [3.05, 3.63) is 53.3 Å². The first-order chi connectivity index (χ1) is 11.3. The van der Waals surface area contributed by atoms with Gasteiger partial charge in [-0.3, -0.25) is 14.5 Å². The van der Waals surface area contributed by atoms with Gasteiger partial charge < -0.3 is 10.8 Å². The Bertz CT molecular complexity index is 819. The molecule has 1 aliphatic rings. The van der Waals surface area contributed by atoms with Gasteiger partial charge in [0.2, 0.25) is 11.8 Å². The van der Waals surface area contributed by atoms with Crippen LogP contribution in [0.1, 0.15) is 12.8 Å². The van der Waals surface area contributed by atoms with Crippen LogP contribution in [0.2, 0.25) is 5.02 Å². The summed E-state index contributed by atoms with van der Waals surface area (Å²) in [4.78, 5) is 25.9. The predicted octanol–water partition coefficient (Wildman–Crippen LogP) is 3.11. The number of aromatic hydroxyl groups is 1. The highest BCUT2D eigenvalue weighted by Gasteiger charge is 2.57. The number of benzene rings is 2. The molecule has 1 saturated carbocycles. The minimum absolute atomic E-state index is 0.185. The molecule has 7 heteroatoms. The Labute approximate surface area is 142 Å². The van der Waals surface area contributed by atoms with Crippen LogP contribution < -0.4 is 10.6 Å². The van der Waals surface area contributed by atoms with E-state index >= 15 is 0 Å². The van der Waals surface area contributed by atoms with Crippen molar-refractivity contribution in [3.8, 4) is 5.75 Å². The molecule has 0 saturated heterocycles. The number of nitrogens with zero attached hydrogens (tertiary/aromatic N) is 1. The first-order valence-corrected chi connectivity index (χ1v) is 7.61. The van der Waals surface area contributed by atoms with Gasteiger partial charge in [-0.2, -0.15) is 0 Å². The number of nitrogens with two attached hydrogens (primary N) is 1. The second kappa shape index (κ2) is 5.79. The summed E-state index contributed by atoms with van der Waals surface area (Å²) in [5.41, 5.74) is 4.72. The molecule has 0 aliphatic heterocycles. The molecule has 24 heavy (non-hydrogen) atoms. The average Bonchev–Trinajstić information content (AvgIpc) is 3.34. The van der Waals surface area contributed by atoms with Gasteiger partial charge in [-0.25, -0.2) is 4.39 Å². The van der Waals surface area contributed by atoms with Crippen molar-refractivity contribution in [2.75, 3.05) is 4.90 Å². The summed E-state index contributed by atoms with van der Waals surface area (Å²) in [5.74, 6) is -2.63. The molecular formula is C17H14ClFN2O3. The molecule has 2 aromatic rings. The molecule has 1 fully saturated rings. The van der Waals surface area contributed by atoms with E-state index in [-0.39, 0.29) is 5.69 Å². The summed E-state index contributed by atoms with van der Waals surface area (Å²) < 4.78 is 13.8. The fraction of sp³-hybridized carbons (Fsp3) is 0.176. The lowest BCUT2D eigenvalue weighted by Crippen LogP contribution is -2.41. The van der Waals surface area contributed by atoms with Crippen molar-refractivity contribution in [1.82, 2.24) is 0 Å². The van der Waals surface area contributed by atoms with E-state index < -0.39 is 28.8 Å². The van der Waals surface area contributed by atoms with Crippen molar-refractivity contribution >= 4 is 34.8 Å². The number of hydrogen-bond acceptors (Lipinski definition) is 3. The van der Waals surface area contributed by atoms with Gasteiger partial charge in [0.05, 0.1) is 5.69 Å². The van der Waals surface area contributed by atoms with Crippen molar-refractivity contribution in [2.45, 2.75) is 12.8 Å². The molecule has 0 bridgehead atoms. The summed E-state index contributed by atoms with van der Waals surface area (Å²) in [5, 5.41) is 9.83. The molecule has 0 aromatic heterocycles. The molecule has 0 radical (unpaired) electrons. The Morgan fingerprint density at radius 1 is 1.12 bits per heavy atom. The summed E-state index contributed by atoms with van der Waals surface area (Å²) in [6.07, 6.45) is 0.706. The number of carbonyl (C=O) groups excluding carboxylic acids is 2. The number of phenols is 1. The van der Waals surface area contributed by atoms with Crippen LogP contribution in [-0.4, -0.2) is 16.9 Å². The van der Waals surface area contributed by atoms with Crippen LogP contribution in [-0.2, 0) is 9.59 Å². The highest BCUT2D eigenvalue weighted by atomic mass is 35.5. The fourth-order valence-corrected chi connectivity index (χ4v) is 2.64. The third kappa shape index (κ3) is 2.69. The van der Waals surface area contributed by atoms with Crippen LogP contribution in [0.4, 0.5) is 15.8 Å². The quantitative estimate of drug-likeness (QED) is 0.833. The standard InChI is InChI=1S/C17H14ClFN2O3/c18-10-1-3-11(4-2-10)21(12-5-6-14(22)13(19)9-12)16(24)17(7-8-17)15(20)23/h1-6,9,22H,7-8H2,(H2,20,23). The topological polar surface area (TPSA) is 83.6 Å². The maximum atomic E-state index is 13.8. The monoisotopic (exact) mass is 348 g/mol. The van der Waals surface area contributed by atoms with Crippen molar-refractivity contribution < 1.29 is 19.1 Å². The number of hydrogen-bond donors (Lipinski definition) is 2. The lowest BCUT2D eigenvalue weighted by Gasteiger charge is -2.26. The molecule has 124 valence electrons. The molecule has 0 heterocycles. The molecule has 0 unspecified atom stereocenters. The van der Waals surface area contributed by atoms with E-state index in [2.05, 4.69) is 0 Å². The number of amides is 2. The molecule has 0 spiro atoms. The zero-order valence-electron chi connectivity index (χ0n) is 12.5. The van der Waals surface area contributed by atoms with Crippen molar-refractivity contribution in [1.29, 1.82) is 0 Å². The number of phenolic OH excluding ortho intramolecular Hbond substituents is 1. The number of primary amides is 1. The van der Waals surface area contributed by atoms with Gasteiger partial charge in [-0.15, -0.1) is 0 Å². The van der Waals surface area contributed by atoms with Crippen LogP contribution in [0.15, 0.2) is 42.5 Å². The van der Waals surface area contributed by atoms with Gasteiger partial charge in [0.1, 0.15) is 5.41 Å². The fourth-order valence-electron chi connectivity index (χ4n) is 2.51. The van der Waals surface area contributed by atoms with Crippen molar-refractivity contribution in [2.24, 2.45) is 11.1 Å². The summed E-state index contributed by atoms with van der Waals surface area (Å²) in [6.45, 7) is 0. The van der Waals surface area contributed by atoms with E-state index in [1.54, 1.807) is 24.3 Å². The summed E-state index contributed by atoms with van der Waals surface area (Å²) >= 11 is 5.87. The van der Waals surface area contributed by atoms with Crippen LogP contribution >= 0.6 is 11.6 Å². The number of anilines is 2. The highest BCUT2D eigenvalue weighted by Crippen LogP contribution is 2.49. The van der Waals surface area contributed by atoms with E-state index in [1.807, 2.05) is 0 Å². The zero-order valence-corrected chi connectivity index (χ0v) is 13.3. The lowest BCUT2D eigenvalue weighted by atomic mass is 10.0. The lowest BCUT2D eigenvalue weighted by molar-refractivity contribution is -0.133. The Morgan fingerprint density at radius 3 is 2.21 bits per heavy atom. The maximum Gasteiger partial charge on any atom is 0.247 e. The third-order valence-electron chi connectivity index (χ3n) is 4.11. The molecule has 2 aromatic carbocycles. The first kappa shape index (κ1) is 16.3. The zero-order chi connectivity index (χ0) is 17.5. The molecule has 0 atom stereocenters. The molecule has 3 N–H and O–H groups in total. The molecule has 2 amide bonds. The largest absolute Gasteiger partial charge is 0.505 e. The average molecular weight is 349 g/mol. The molecular weight excluding hydrogens is 335 g/mol. The van der Waals surface area contributed by atoms with Crippen molar-refractivity contribution in [3.63, 3.8) is 0 Å².